The van der Waals surface area contributed by atoms with Gasteiger partial charge in [0.15, 0.2) is 0 Å². The molecule has 94 valence electrons. The number of ether oxygens (including phenoxy) is 1. The number of nitrogens with zero attached hydrogens (tertiary/aromatic N) is 1. The molecule has 5 nitrogen and oxygen atoms in total. The van der Waals surface area contributed by atoms with E-state index in [0.717, 1.165) is 0 Å². The molecule has 0 saturated carbocycles. The molecule has 0 bridgehead atoms. The highest BCUT2D eigenvalue weighted by molar-refractivity contribution is 5.79. The third-order valence-electron chi connectivity index (χ3n) is 2.01. The van der Waals surface area contributed by atoms with Crippen LogP contribution in [0.2, 0.25) is 0 Å². The molecule has 2 amide bonds. The first-order valence-corrected chi connectivity index (χ1v) is 5.35. The Labute approximate surface area is 97.1 Å². The summed E-state index contributed by atoms with van der Waals surface area (Å²) in [5.41, 5.74) is -0.322. The standard InChI is InChI=1S/C11H22N2O3/c1-11(2,3)16-8-10(15)13(5)7-6-9(14)12-4/h6-8H2,1-5H3,(H,12,14). The van der Waals surface area contributed by atoms with Gasteiger partial charge in [-0.25, -0.2) is 0 Å². The average molecular weight is 230 g/mol. The topological polar surface area (TPSA) is 58.6 Å². The van der Waals surface area contributed by atoms with Crippen LogP contribution >= 0.6 is 0 Å². The smallest absolute Gasteiger partial charge is 0.248 e. The molecule has 16 heavy (non-hydrogen) atoms. The zero-order chi connectivity index (χ0) is 12.8. The molecule has 0 radical (unpaired) electrons. The summed E-state index contributed by atoms with van der Waals surface area (Å²) in [5.74, 6) is -0.185. The number of carbonyl (C=O) groups is 2. The second kappa shape index (κ2) is 6.48. The van der Waals surface area contributed by atoms with Crippen molar-refractivity contribution in [1.82, 2.24) is 10.2 Å². The van der Waals surface area contributed by atoms with E-state index in [1.807, 2.05) is 20.8 Å². The Morgan fingerprint density at radius 1 is 1.31 bits per heavy atom. The number of hydrogen-bond acceptors (Lipinski definition) is 3. The Bertz CT molecular complexity index is 246. The fourth-order valence-electron chi connectivity index (χ4n) is 0.907. The van der Waals surface area contributed by atoms with Gasteiger partial charge in [0.1, 0.15) is 6.61 Å². The van der Waals surface area contributed by atoms with Crippen molar-refractivity contribution >= 4 is 11.8 Å². The first-order chi connectivity index (χ1) is 7.26. The number of amides is 2. The minimum absolute atomic E-state index is 0.0493. The van der Waals surface area contributed by atoms with Gasteiger partial charge in [-0.1, -0.05) is 0 Å². The summed E-state index contributed by atoms with van der Waals surface area (Å²) in [6.45, 7) is 6.14. The summed E-state index contributed by atoms with van der Waals surface area (Å²) in [7, 11) is 3.24. The molecule has 0 aliphatic rings. The summed E-state index contributed by atoms with van der Waals surface area (Å²) in [4.78, 5) is 24.0. The van der Waals surface area contributed by atoms with Crippen LogP contribution in [0.5, 0.6) is 0 Å². The van der Waals surface area contributed by atoms with E-state index in [9.17, 15) is 9.59 Å². The monoisotopic (exact) mass is 230 g/mol. The van der Waals surface area contributed by atoms with E-state index in [2.05, 4.69) is 5.32 Å². The van der Waals surface area contributed by atoms with E-state index in [-0.39, 0.29) is 24.0 Å². The molecule has 1 N–H and O–H groups in total. The molecule has 0 saturated heterocycles. The van der Waals surface area contributed by atoms with Gasteiger partial charge in [-0.3, -0.25) is 9.59 Å². The Hall–Kier alpha value is -1.10. The van der Waals surface area contributed by atoms with E-state index in [1.165, 1.54) is 4.90 Å². The maximum atomic E-state index is 11.6. The molecule has 0 atom stereocenters. The van der Waals surface area contributed by atoms with Crippen LogP contribution in [-0.2, 0) is 14.3 Å². The van der Waals surface area contributed by atoms with Crippen LogP contribution in [0, 0.1) is 0 Å². The number of likely N-dealkylation sites (N-methyl/N-ethyl adjacent to an activating group) is 1. The molecule has 0 spiro atoms. The largest absolute Gasteiger partial charge is 0.366 e. The van der Waals surface area contributed by atoms with Crippen LogP contribution in [0.3, 0.4) is 0 Å². The number of carbonyl (C=O) groups excluding carboxylic acids is 2. The number of hydrogen-bond donors (Lipinski definition) is 1. The van der Waals surface area contributed by atoms with Gasteiger partial charge in [-0.15, -0.1) is 0 Å². The van der Waals surface area contributed by atoms with Crippen molar-refractivity contribution in [3.8, 4) is 0 Å². The van der Waals surface area contributed by atoms with Crippen molar-refractivity contribution in [2.24, 2.45) is 0 Å². The van der Waals surface area contributed by atoms with Crippen LogP contribution < -0.4 is 5.32 Å². The van der Waals surface area contributed by atoms with Crippen molar-refractivity contribution in [3.05, 3.63) is 0 Å². The highest BCUT2D eigenvalue weighted by Gasteiger charge is 2.15. The van der Waals surface area contributed by atoms with Crippen LogP contribution in [0.4, 0.5) is 0 Å². The maximum Gasteiger partial charge on any atom is 0.248 e. The summed E-state index contributed by atoms with van der Waals surface area (Å²) in [6.07, 6.45) is 0.314. The lowest BCUT2D eigenvalue weighted by Gasteiger charge is -2.22. The van der Waals surface area contributed by atoms with Crippen LogP contribution in [0.1, 0.15) is 27.2 Å². The third kappa shape index (κ3) is 7.23. The highest BCUT2D eigenvalue weighted by Crippen LogP contribution is 2.06. The van der Waals surface area contributed by atoms with Crippen molar-refractivity contribution in [2.75, 3.05) is 27.2 Å². The Kier molecular flexibility index (Phi) is 6.03. The lowest BCUT2D eigenvalue weighted by molar-refractivity contribution is -0.140. The molecule has 0 aliphatic carbocycles. The van der Waals surface area contributed by atoms with Gasteiger partial charge < -0.3 is 15.0 Å². The van der Waals surface area contributed by atoms with Gasteiger partial charge >= 0.3 is 0 Å². The first-order valence-electron chi connectivity index (χ1n) is 5.35. The maximum absolute atomic E-state index is 11.6. The predicted molar refractivity (Wildman–Crippen MR) is 62.0 cm³/mol. The summed E-state index contributed by atoms with van der Waals surface area (Å²) < 4.78 is 5.35. The van der Waals surface area contributed by atoms with E-state index in [4.69, 9.17) is 4.74 Å². The molecule has 5 heteroatoms. The quantitative estimate of drug-likeness (QED) is 0.743. The van der Waals surface area contributed by atoms with E-state index in [0.29, 0.717) is 13.0 Å². The SMILES string of the molecule is CNC(=O)CCN(C)C(=O)COC(C)(C)C. The Balaban J connectivity index is 3.86. The number of nitrogens with one attached hydrogen (secondary N) is 1. The van der Waals surface area contributed by atoms with Crippen LogP contribution in [0.25, 0.3) is 0 Å². The highest BCUT2D eigenvalue weighted by atomic mass is 16.5. The van der Waals surface area contributed by atoms with E-state index >= 15 is 0 Å². The molecule has 0 aromatic heterocycles. The first kappa shape index (κ1) is 14.9. The van der Waals surface area contributed by atoms with Gasteiger partial charge in [0.05, 0.1) is 5.60 Å². The zero-order valence-corrected chi connectivity index (χ0v) is 10.8. The average Bonchev–Trinajstić information content (AvgIpc) is 2.20. The van der Waals surface area contributed by atoms with E-state index < -0.39 is 0 Å². The summed E-state index contributed by atoms with van der Waals surface area (Å²) in [5, 5.41) is 2.51. The van der Waals surface area contributed by atoms with E-state index in [1.54, 1.807) is 14.1 Å². The van der Waals surface area contributed by atoms with Crippen molar-refractivity contribution in [2.45, 2.75) is 32.8 Å². The fourth-order valence-corrected chi connectivity index (χ4v) is 0.907. The lowest BCUT2D eigenvalue weighted by atomic mass is 10.2. The van der Waals surface area contributed by atoms with Gasteiger partial charge in [-0.05, 0) is 20.8 Å². The second-order valence-electron chi connectivity index (χ2n) is 4.64. The Morgan fingerprint density at radius 3 is 2.31 bits per heavy atom. The van der Waals surface area contributed by atoms with Gasteiger partial charge in [0.25, 0.3) is 0 Å². The molecule has 0 fully saturated rings. The normalized spacial score (nSPS) is 11.1. The molecule has 0 unspecified atom stereocenters. The third-order valence-corrected chi connectivity index (χ3v) is 2.01. The fraction of sp³-hybridized carbons (Fsp3) is 0.818. The molecule has 0 aromatic rings. The molecule has 0 heterocycles. The number of rotatable bonds is 5. The summed E-state index contributed by atoms with van der Waals surface area (Å²) >= 11 is 0. The van der Waals surface area contributed by atoms with Crippen molar-refractivity contribution < 1.29 is 14.3 Å². The van der Waals surface area contributed by atoms with Crippen molar-refractivity contribution in [3.63, 3.8) is 0 Å². The van der Waals surface area contributed by atoms with Crippen LogP contribution in [-0.4, -0.2) is 49.6 Å². The lowest BCUT2D eigenvalue weighted by Crippen LogP contribution is -2.36. The molecule has 0 aliphatic heterocycles. The second-order valence-corrected chi connectivity index (χ2v) is 4.64. The minimum atomic E-state index is -0.322. The predicted octanol–water partition coefficient (Wildman–Crippen LogP) is 0.396. The minimum Gasteiger partial charge on any atom is -0.366 e. The van der Waals surface area contributed by atoms with Crippen molar-refractivity contribution in [1.29, 1.82) is 0 Å². The summed E-state index contributed by atoms with van der Waals surface area (Å²) in [6, 6.07) is 0. The van der Waals surface area contributed by atoms with Gasteiger partial charge in [0, 0.05) is 27.1 Å². The molecule has 0 aromatic carbocycles. The molecular weight excluding hydrogens is 208 g/mol. The molecule has 0 rings (SSSR count). The van der Waals surface area contributed by atoms with Crippen LogP contribution in [0.15, 0.2) is 0 Å². The zero-order valence-electron chi connectivity index (χ0n) is 10.8. The van der Waals surface area contributed by atoms with Gasteiger partial charge in [0.2, 0.25) is 11.8 Å². The Morgan fingerprint density at radius 2 is 1.88 bits per heavy atom. The van der Waals surface area contributed by atoms with Gasteiger partial charge in [-0.2, -0.15) is 0 Å². The molecular formula is C11H22N2O3.